The van der Waals surface area contributed by atoms with Crippen molar-refractivity contribution in [2.24, 2.45) is 0 Å². The van der Waals surface area contributed by atoms with Crippen molar-refractivity contribution in [1.82, 2.24) is 9.97 Å². The molecule has 0 unspecified atom stereocenters. The molecule has 0 aromatic carbocycles. The van der Waals surface area contributed by atoms with Crippen LogP contribution in [-0.4, -0.2) is 9.97 Å². The van der Waals surface area contributed by atoms with E-state index < -0.39 is 0 Å². The molecule has 0 spiro atoms. The summed E-state index contributed by atoms with van der Waals surface area (Å²) in [5.41, 5.74) is 7.20. The number of hydrogen-bond acceptors (Lipinski definition) is 4. The number of nitrogens with two attached hydrogens (primary N) is 1. The van der Waals surface area contributed by atoms with Gasteiger partial charge in [-0.2, -0.15) is 0 Å². The summed E-state index contributed by atoms with van der Waals surface area (Å²) in [4.78, 5) is 8.39. The van der Waals surface area contributed by atoms with Gasteiger partial charge in [0, 0.05) is 6.20 Å². The van der Waals surface area contributed by atoms with Crippen molar-refractivity contribution < 1.29 is 0 Å². The molecule has 16 heavy (non-hydrogen) atoms. The van der Waals surface area contributed by atoms with Crippen LogP contribution in [-0.2, 0) is 6.54 Å². The first-order valence-electron chi connectivity index (χ1n) is 4.80. The van der Waals surface area contributed by atoms with Gasteiger partial charge in [-0.25, -0.2) is 4.98 Å². The van der Waals surface area contributed by atoms with Crippen LogP contribution in [0.2, 0.25) is 0 Å². The quantitative estimate of drug-likeness (QED) is 0.905. The van der Waals surface area contributed by atoms with E-state index in [1.807, 2.05) is 24.3 Å². The Bertz CT molecular complexity index is 473. The van der Waals surface area contributed by atoms with Crippen LogP contribution < -0.4 is 11.1 Å². The predicted octanol–water partition coefficient (Wildman–Crippen LogP) is 2.43. The molecule has 2 heterocycles. The number of nitrogens with one attached hydrogen (secondary N) is 1. The van der Waals surface area contributed by atoms with Gasteiger partial charge < -0.3 is 11.1 Å². The number of nitrogen functional groups attached to an aromatic ring is 1. The molecule has 0 aliphatic carbocycles. The van der Waals surface area contributed by atoms with Crippen LogP contribution in [0.3, 0.4) is 0 Å². The Hall–Kier alpha value is -1.62. The molecule has 0 saturated heterocycles. The van der Waals surface area contributed by atoms with E-state index in [1.165, 1.54) is 0 Å². The molecule has 0 bridgehead atoms. The van der Waals surface area contributed by atoms with Gasteiger partial charge in [-0.05, 0) is 34.1 Å². The molecule has 2 aromatic rings. The highest BCUT2D eigenvalue weighted by atomic mass is 79.9. The van der Waals surface area contributed by atoms with E-state index in [0.717, 1.165) is 16.0 Å². The van der Waals surface area contributed by atoms with E-state index in [9.17, 15) is 0 Å². The van der Waals surface area contributed by atoms with Crippen molar-refractivity contribution in [2.45, 2.75) is 6.54 Å². The van der Waals surface area contributed by atoms with Crippen molar-refractivity contribution in [3.05, 3.63) is 46.8 Å². The molecular formula is C11H11BrN4. The summed E-state index contributed by atoms with van der Waals surface area (Å²) in [6, 6.07) is 7.61. The van der Waals surface area contributed by atoms with Gasteiger partial charge in [0.25, 0.3) is 0 Å². The van der Waals surface area contributed by atoms with Crippen molar-refractivity contribution in [3.8, 4) is 0 Å². The molecule has 0 amide bonds. The summed E-state index contributed by atoms with van der Waals surface area (Å²) in [7, 11) is 0. The third-order valence-corrected chi connectivity index (χ3v) is 2.63. The molecule has 3 N–H and O–H groups in total. The zero-order chi connectivity index (χ0) is 11.4. The Labute approximate surface area is 102 Å². The van der Waals surface area contributed by atoms with Crippen LogP contribution in [0.5, 0.6) is 0 Å². The maximum absolute atomic E-state index is 5.60. The van der Waals surface area contributed by atoms with Gasteiger partial charge in [0.15, 0.2) is 0 Å². The van der Waals surface area contributed by atoms with Gasteiger partial charge in [-0.1, -0.05) is 6.07 Å². The van der Waals surface area contributed by atoms with Crippen LogP contribution in [0.15, 0.2) is 41.1 Å². The topological polar surface area (TPSA) is 63.8 Å². The average Bonchev–Trinajstić information content (AvgIpc) is 2.29. The minimum absolute atomic E-state index is 0.635. The molecular weight excluding hydrogens is 268 g/mol. The molecule has 0 atom stereocenters. The number of anilines is 2. The number of nitrogens with zero attached hydrogens (tertiary/aromatic N) is 2. The Morgan fingerprint density at radius 3 is 2.88 bits per heavy atom. The number of halogens is 1. The first kappa shape index (κ1) is 10.9. The van der Waals surface area contributed by atoms with E-state index >= 15 is 0 Å². The van der Waals surface area contributed by atoms with Crippen LogP contribution in [0.4, 0.5) is 11.5 Å². The Morgan fingerprint density at radius 1 is 1.31 bits per heavy atom. The summed E-state index contributed by atoms with van der Waals surface area (Å²) in [5.74, 6) is 0.764. The fourth-order valence-electron chi connectivity index (χ4n) is 1.26. The van der Waals surface area contributed by atoms with Crippen molar-refractivity contribution in [3.63, 3.8) is 0 Å². The molecule has 0 aliphatic heterocycles. The highest BCUT2D eigenvalue weighted by molar-refractivity contribution is 9.10. The zero-order valence-corrected chi connectivity index (χ0v) is 10.1. The second-order valence-corrected chi connectivity index (χ2v) is 4.13. The van der Waals surface area contributed by atoms with E-state index in [4.69, 9.17) is 5.73 Å². The summed E-state index contributed by atoms with van der Waals surface area (Å²) >= 11 is 3.40. The number of rotatable bonds is 3. The first-order chi connectivity index (χ1) is 7.75. The molecule has 0 saturated carbocycles. The van der Waals surface area contributed by atoms with Crippen molar-refractivity contribution in [1.29, 1.82) is 0 Å². The maximum Gasteiger partial charge on any atom is 0.140 e. The lowest BCUT2D eigenvalue weighted by atomic mass is 10.3. The van der Waals surface area contributed by atoms with Crippen molar-refractivity contribution in [2.75, 3.05) is 11.1 Å². The molecule has 4 nitrogen and oxygen atoms in total. The molecule has 2 rings (SSSR count). The fourth-order valence-corrected chi connectivity index (χ4v) is 1.77. The second kappa shape index (κ2) is 4.94. The van der Waals surface area contributed by atoms with Crippen LogP contribution in [0.25, 0.3) is 0 Å². The minimum atomic E-state index is 0.635. The van der Waals surface area contributed by atoms with Gasteiger partial charge in [0.1, 0.15) is 5.82 Å². The molecule has 2 aromatic heterocycles. The van der Waals surface area contributed by atoms with Gasteiger partial charge in [-0.3, -0.25) is 4.98 Å². The van der Waals surface area contributed by atoms with Crippen LogP contribution in [0.1, 0.15) is 5.69 Å². The highest BCUT2D eigenvalue weighted by Crippen LogP contribution is 2.21. The third kappa shape index (κ3) is 2.70. The Kier molecular flexibility index (Phi) is 3.36. The Morgan fingerprint density at radius 2 is 2.19 bits per heavy atom. The lowest BCUT2D eigenvalue weighted by Gasteiger charge is -2.07. The lowest BCUT2D eigenvalue weighted by molar-refractivity contribution is 1.03. The predicted molar refractivity (Wildman–Crippen MR) is 67.9 cm³/mol. The van der Waals surface area contributed by atoms with Crippen LogP contribution in [0, 0.1) is 0 Å². The summed E-state index contributed by atoms with van der Waals surface area (Å²) in [5, 5.41) is 3.18. The van der Waals surface area contributed by atoms with E-state index in [1.54, 1.807) is 12.4 Å². The van der Waals surface area contributed by atoms with Gasteiger partial charge in [0.05, 0.1) is 28.6 Å². The zero-order valence-electron chi connectivity index (χ0n) is 8.52. The van der Waals surface area contributed by atoms with Gasteiger partial charge in [0.2, 0.25) is 0 Å². The monoisotopic (exact) mass is 278 g/mol. The molecule has 82 valence electrons. The lowest BCUT2D eigenvalue weighted by Crippen LogP contribution is -2.03. The number of aromatic nitrogens is 2. The van der Waals surface area contributed by atoms with E-state index in [-0.39, 0.29) is 0 Å². The second-order valence-electron chi connectivity index (χ2n) is 3.27. The highest BCUT2D eigenvalue weighted by Gasteiger charge is 2.01. The van der Waals surface area contributed by atoms with Crippen LogP contribution >= 0.6 is 15.9 Å². The Balaban J connectivity index is 2.05. The van der Waals surface area contributed by atoms with Crippen molar-refractivity contribution >= 4 is 27.4 Å². The van der Waals surface area contributed by atoms with Gasteiger partial charge >= 0.3 is 0 Å². The largest absolute Gasteiger partial charge is 0.397 e. The average molecular weight is 279 g/mol. The standard InChI is InChI=1S/C11H11BrN4/c12-10-5-8(13)6-15-11(10)16-7-9-3-1-2-4-14-9/h1-6H,7,13H2,(H,15,16). The van der Waals surface area contributed by atoms with E-state index in [2.05, 4.69) is 31.2 Å². The molecule has 0 fully saturated rings. The minimum Gasteiger partial charge on any atom is -0.397 e. The SMILES string of the molecule is Nc1cnc(NCc2ccccn2)c(Br)c1. The number of pyridine rings is 2. The summed E-state index contributed by atoms with van der Waals surface area (Å²) in [6.45, 7) is 0.635. The maximum atomic E-state index is 5.60. The fraction of sp³-hybridized carbons (Fsp3) is 0.0909. The van der Waals surface area contributed by atoms with Gasteiger partial charge in [-0.15, -0.1) is 0 Å². The summed E-state index contributed by atoms with van der Waals surface area (Å²) < 4.78 is 0.850. The molecule has 0 aliphatic rings. The number of hydrogen-bond donors (Lipinski definition) is 2. The van der Waals surface area contributed by atoms with E-state index in [0.29, 0.717) is 12.2 Å². The molecule has 0 radical (unpaired) electrons. The smallest absolute Gasteiger partial charge is 0.140 e. The third-order valence-electron chi connectivity index (χ3n) is 2.03. The summed E-state index contributed by atoms with van der Waals surface area (Å²) in [6.07, 6.45) is 3.38. The molecule has 5 heteroatoms. The normalized spacial score (nSPS) is 10.1. The first-order valence-corrected chi connectivity index (χ1v) is 5.60.